The monoisotopic (exact) mass is 298 g/mol. The molecule has 6 heteroatoms. The van der Waals surface area contributed by atoms with Crippen molar-refractivity contribution in [2.24, 2.45) is 17.6 Å². The van der Waals surface area contributed by atoms with Crippen molar-refractivity contribution in [3.8, 4) is 0 Å². The fourth-order valence-corrected chi connectivity index (χ4v) is 2.58. The second kappa shape index (κ2) is 7.59. The third-order valence-electron chi connectivity index (χ3n) is 3.48. The number of hydrogen-bond acceptors (Lipinski definition) is 5. The van der Waals surface area contributed by atoms with Gasteiger partial charge in [0.05, 0.1) is 17.8 Å². The van der Waals surface area contributed by atoms with Crippen molar-refractivity contribution in [2.45, 2.75) is 52.6 Å². The SMILES string of the molecule is CC[C@H](C)[C@H](N)C(=O)N[C@@H](CC(C)C)c1csc(N)n1. The summed E-state index contributed by atoms with van der Waals surface area (Å²) in [5.41, 5.74) is 12.5. The largest absolute Gasteiger partial charge is 0.375 e. The number of anilines is 1. The van der Waals surface area contributed by atoms with Gasteiger partial charge >= 0.3 is 0 Å². The summed E-state index contributed by atoms with van der Waals surface area (Å²) in [6.07, 6.45) is 1.70. The minimum atomic E-state index is -0.481. The van der Waals surface area contributed by atoms with Crippen LogP contribution in [0, 0.1) is 11.8 Å². The average Bonchev–Trinajstić information content (AvgIpc) is 2.82. The van der Waals surface area contributed by atoms with Crippen LogP contribution < -0.4 is 16.8 Å². The number of carbonyl (C=O) groups excluding carboxylic acids is 1. The molecule has 0 radical (unpaired) electrons. The predicted octanol–water partition coefficient (Wildman–Crippen LogP) is 2.30. The number of carbonyl (C=O) groups is 1. The zero-order chi connectivity index (χ0) is 15.3. The van der Waals surface area contributed by atoms with Crippen molar-refractivity contribution in [1.29, 1.82) is 0 Å². The topological polar surface area (TPSA) is 94.0 Å². The average molecular weight is 298 g/mol. The lowest BCUT2D eigenvalue weighted by Gasteiger charge is -2.23. The lowest BCUT2D eigenvalue weighted by atomic mass is 9.97. The van der Waals surface area contributed by atoms with Crippen LogP contribution in [-0.2, 0) is 4.79 Å². The van der Waals surface area contributed by atoms with Gasteiger partial charge < -0.3 is 16.8 Å². The fourth-order valence-electron chi connectivity index (χ4n) is 1.97. The highest BCUT2D eigenvalue weighted by Crippen LogP contribution is 2.24. The number of nitrogens with zero attached hydrogens (tertiary/aromatic N) is 1. The molecule has 1 aromatic rings. The molecule has 0 aliphatic carbocycles. The molecule has 0 aromatic carbocycles. The molecule has 5 nitrogen and oxygen atoms in total. The minimum absolute atomic E-state index is 0.114. The molecular formula is C14H26N4OS. The van der Waals surface area contributed by atoms with Crippen LogP contribution in [0.4, 0.5) is 5.13 Å². The molecule has 0 fully saturated rings. The van der Waals surface area contributed by atoms with Crippen molar-refractivity contribution in [3.05, 3.63) is 11.1 Å². The molecule has 1 aromatic heterocycles. The zero-order valence-electron chi connectivity index (χ0n) is 12.7. The molecular weight excluding hydrogens is 272 g/mol. The van der Waals surface area contributed by atoms with E-state index in [1.165, 1.54) is 11.3 Å². The smallest absolute Gasteiger partial charge is 0.237 e. The van der Waals surface area contributed by atoms with Crippen molar-refractivity contribution in [2.75, 3.05) is 5.73 Å². The molecule has 1 rings (SSSR count). The van der Waals surface area contributed by atoms with Gasteiger partial charge in [-0.1, -0.05) is 34.1 Å². The first-order chi connectivity index (χ1) is 9.35. The summed E-state index contributed by atoms with van der Waals surface area (Å²) in [6, 6.07) is -0.600. The highest BCUT2D eigenvalue weighted by molar-refractivity contribution is 7.13. The van der Waals surface area contributed by atoms with Crippen LogP contribution in [0.15, 0.2) is 5.38 Å². The van der Waals surface area contributed by atoms with Gasteiger partial charge in [0.25, 0.3) is 0 Å². The Morgan fingerprint density at radius 3 is 2.55 bits per heavy atom. The Bertz CT molecular complexity index is 433. The van der Waals surface area contributed by atoms with E-state index in [1.807, 2.05) is 19.2 Å². The molecule has 0 saturated carbocycles. The van der Waals surface area contributed by atoms with Crippen LogP contribution in [0.3, 0.4) is 0 Å². The number of thiazole rings is 1. The molecule has 3 atom stereocenters. The van der Waals surface area contributed by atoms with E-state index in [4.69, 9.17) is 11.5 Å². The fraction of sp³-hybridized carbons (Fsp3) is 0.714. The van der Waals surface area contributed by atoms with Gasteiger partial charge in [-0.05, 0) is 18.3 Å². The Kier molecular flexibility index (Phi) is 6.42. The van der Waals surface area contributed by atoms with Gasteiger partial charge in [-0.3, -0.25) is 4.79 Å². The number of nitrogen functional groups attached to an aromatic ring is 1. The minimum Gasteiger partial charge on any atom is -0.375 e. The molecule has 20 heavy (non-hydrogen) atoms. The standard InChI is InChI=1S/C14H26N4OS/c1-5-9(4)12(15)13(19)17-10(6-8(2)3)11-7-20-14(16)18-11/h7-10,12H,5-6,15H2,1-4H3,(H2,16,18)(H,17,19)/t9-,10-,12-/m0/s1. The summed E-state index contributed by atoms with van der Waals surface area (Å²) < 4.78 is 0. The molecule has 5 N–H and O–H groups in total. The van der Waals surface area contributed by atoms with Gasteiger partial charge in [-0.15, -0.1) is 11.3 Å². The molecule has 0 unspecified atom stereocenters. The maximum Gasteiger partial charge on any atom is 0.237 e. The van der Waals surface area contributed by atoms with E-state index in [-0.39, 0.29) is 17.9 Å². The molecule has 114 valence electrons. The van der Waals surface area contributed by atoms with Crippen molar-refractivity contribution in [1.82, 2.24) is 10.3 Å². The lowest BCUT2D eigenvalue weighted by Crippen LogP contribution is -2.46. The summed E-state index contributed by atoms with van der Waals surface area (Å²) in [7, 11) is 0. The molecule has 0 aliphatic heterocycles. The van der Waals surface area contributed by atoms with E-state index in [9.17, 15) is 4.79 Å². The normalized spacial score (nSPS) is 15.9. The maximum absolute atomic E-state index is 12.2. The van der Waals surface area contributed by atoms with E-state index in [0.29, 0.717) is 11.0 Å². The van der Waals surface area contributed by atoms with E-state index < -0.39 is 6.04 Å². The van der Waals surface area contributed by atoms with Gasteiger partial charge in [0.1, 0.15) is 0 Å². The molecule has 0 spiro atoms. The van der Waals surface area contributed by atoms with Crippen LogP contribution in [0.25, 0.3) is 0 Å². The van der Waals surface area contributed by atoms with E-state index in [1.54, 1.807) is 0 Å². The molecule has 0 bridgehead atoms. The first-order valence-corrected chi connectivity index (χ1v) is 7.99. The van der Waals surface area contributed by atoms with Gasteiger partial charge in [0, 0.05) is 5.38 Å². The maximum atomic E-state index is 12.2. The van der Waals surface area contributed by atoms with Crippen molar-refractivity contribution in [3.63, 3.8) is 0 Å². The van der Waals surface area contributed by atoms with E-state index in [0.717, 1.165) is 18.5 Å². The Morgan fingerprint density at radius 1 is 1.45 bits per heavy atom. The highest BCUT2D eigenvalue weighted by Gasteiger charge is 2.24. The molecule has 0 aliphatic rings. The second-order valence-electron chi connectivity index (χ2n) is 5.71. The number of hydrogen-bond donors (Lipinski definition) is 3. The van der Waals surface area contributed by atoms with Crippen LogP contribution in [0.5, 0.6) is 0 Å². The summed E-state index contributed by atoms with van der Waals surface area (Å²) >= 11 is 1.39. The highest BCUT2D eigenvalue weighted by atomic mass is 32.1. The van der Waals surface area contributed by atoms with Crippen molar-refractivity contribution >= 4 is 22.4 Å². The van der Waals surface area contributed by atoms with Gasteiger partial charge in [-0.2, -0.15) is 0 Å². The first kappa shape index (κ1) is 16.9. The van der Waals surface area contributed by atoms with Crippen LogP contribution in [0.2, 0.25) is 0 Å². The number of nitrogens with two attached hydrogens (primary N) is 2. The van der Waals surface area contributed by atoms with Crippen LogP contribution >= 0.6 is 11.3 Å². The summed E-state index contributed by atoms with van der Waals surface area (Å²) in [6.45, 7) is 8.25. The van der Waals surface area contributed by atoms with Crippen molar-refractivity contribution < 1.29 is 4.79 Å². The van der Waals surface area contributed by atoms with E-state index >= 15 is 0 Å². The molecule has 1 heterocycles. The Labute approximate surface area is 125 Å². The summed E-state index contributed by atoms with van der Waals surface area (Å²) in [4.78, 5) is 16.5. The van der Waals surface area contributed by atoms with Crippen LogP contribution in [0.1, 0.15) is 52.3 Å². The lowest BCUT2D eigenvalue weighted by molar-refractivity contribution is -0.124. The van der Waals surface area contributed by atoms with Gasteiger partial charge in [0.15, 0.2) is 5.13 Å². The third kappa shape index (κ3) is 4.76. The second-order valence-corrected chi connectivity index (χ2v) is 6.60. The predicted molar refractivity (Wildman–Crippen MR) is 84.3 cm³/mol. The number of rotatable bonds is 7. The van der Waals surface area contributed by atoms with Crippen LogP contribution in [-0.4, -0.2) is 16.9 Å². The van der Waals surface area contributed by atoms with E-state index in [2.05, 4.69) is 24.1 Å². The quantitative estimate of drug-likeness (QED) is 0.720. The first-order valence-electron chi connectivity index (χ1n) is 7.12. The summed E-state index contributed by atoms with van der Waals surface area (Å²) in [5, 5.41) is 5.44. The number of aromatic nitrogens is 1. The third-order valence-corrected chi connectivity index (χ3v) is 4.17. The van der Waals surface area contributed by atoms with Gasteiger partial charge in [-0.25, -0.2) is 4.98 Å². The Morgan fingerprint density at radius 2 is 2.10 bits per heavy atom. The Balaban J connectivity index is 2.77. The number of amides is 1. The Hall–Kier alpha value is -1.14. The summed E-state index contributed by atoms with van der Waals surface area (Å²) in [5.74, 6) is 0.495. The number of nitrogens with one attached hydrogen (secondary N) is 1. The molecule has 1 amide bonds. The van der Waals surface area contributed by atoms with Gasteiger partial charge in [0.2, 0.25) is 5.91 Å². The zero-order valence-corrected chi connectivity index (χ0v) is 13.5. The molecule has 0 saturated heterocycles.